The van der Waals surface area contributed by atoms with Gasteiger partial charge in [-0.25, -0.2) is 0 Å². The minimum atomic E-state index is -4.42. The smallest absolute Gasteiger partial charge is 0.391 e. The third kappa shape index (κ3) is 7.71. The standard InChI is InChI=1S/C5H8F3O2/c1-4(9)2-10-3-5(6,7)8/h3-4,9H,2H2,1H3. The van der Waals surface area contributed by atoms with E-state index in [0.29, 0.717) is 0 Å². The van der Waals surface area contributed by atoms with Crippen LogP contribution < -0.4 is 0 Å². The molecule has 0 aliphatic heterocycles. The van der Waals surface area contributed by atoms with Crippen molar-refractivity contribution in [3.63, 3.8) is 0 Å². The SMILES string of the molecule is CC(O)CO[CH]C(F)(F)F. The third-order valence-electron chi connectivity index (χ3n) is 0.554. The van der Waals surface area contributed by atoms with E-state index in [-0.39, 0.29) is 13.2 Å². The van der Waals surface area contributed by atoms with Gasteiger partial charge in [-0.05, 0) is 6.92 Å². The first-order chi connectivity index (χ1) is 4.42. The molecule has 0 aromatic rings. The summed E-state index contributed by atoms with van der Waals surface area (Å²) in [5.41, 5.74) is 0. The van der Waals surface area contributed by atoms with Crippen LogP contribution in [0.1, 0.15) is 6.92 Å². The Morgan fingerprint density at radius 2 is 2.10 bits per heavy atom. The van der Waals surface area contributed by atoms with Crippen molar-refractivity contribution in [2.75, 3.05) is 6.61 Å². The lowest BCUT2D eigenvalue weighted by Crippen LogP contribution is -2.16. The zero-order valence-corrected chi connectivity index (χ0v) is 5.35. The summed E-state index contributed by atoms with van der Waals surface area (Å²) in [7, 11) is 0. The van der Waals surface area contributed by atoms with Crippen molar-refractivity contribution < 1.29 is 23.0 Å². The molecule has 0 rings (SSSR count). The molecule has 0 bridgehead atoms. The van der Waals surface area contributed by atoms with Crippen LogP contribution in [0.25, 0.3) is 0 Å². The van der Waals surface area contributed by atoms with Gasteiger partial charge in [0.05, 0.1) is 12.7 Å². The topological polar surface area (TPSA) is 29.5 Å². The summed E-state index contributed by atoms with van der Waals surface area (Å²) < 4.78 is 37.7. The van der Waals surface area contributed by atoms with Crippen LogP contribution in [0.3, 0.4) is 0 Å². The summed E-state index contributed by atoms with van der Waals surface area (Å²) in [4.78, 5) is 0. The van der Waals surface area contributed by atoms with Gasteiger partial charge in [-0.1, -0.05) is 0 Å². The average molecular weight is 157 g/mol. The van der Waals surface area contributed by atoms with Crippen LogP contribution in [-0.4, -0.2) is 24.0 Å². The van der Waals surface area contributed by atoms with Crippen molar-refractivity contribution in [3.8, 4) is 0 Å². The van der Waals surface area contributed by atoms with Crippen LogP contribution in [-0.2, 0) is 4.74 Å². The highest BCUT2D eigenvalue weighted by Crippen LogP contribution is 2.18. The first-order valence-electron chi connectivity index (χ1n) is 2.62. The van der Waals surface area contributed by atoms with E-state index in [0.717, 1.165) is 0 Å². The molecule has 0 aliphatic carbocycles. The van der Waals surface area contributed by atoms with E-state index in [2.05, 4.69) is 4.74 Å². The van der Waals surface area contributed by atoms with Crippen molar-refractivity contribution in [1.29, 1.82) is 0 Å². The van der Waals surface area contributed by atoms with E-state index < -0.39 is 12.3 Å². The number of halogens is 3. The summed E-state index contributed by atoms with van der Waals surface area (Å²) in [6, 6.07) is 0. The molecule has 1 atom stereocenters. The van der Waals surface area contributed by atoms with Crippen LogP contribution in [0.5, 0.6) is 0 Å². The minimum Gasteiger partial charge on any atom is -0.391 e. The Balaban J connectivity index is 3.21. The van der Waals surface area contributed by atoms with Gasteiger partial charge in [0, 0.05) is 0 Å². The van der Waals surface area contributed by atoms with E-state index in [1.54, 1.807) is 0 Å². The van der Waals surface area contributed by atoms with Gasteiger partial charge in [0.15, 0.2) is 6.61 Å². The summed E-state index contributed by atoms with van der Waals surface area (Å²) in [6.45, 7) is 0.753. The van der Waals surface area contributed by atoms with Gasteiger partial charge in [0.2, 0.25) is 0 Å². The van der Waals surface area contributed by atoms with Gasteiger partial charge in [0.25, 0.3) is 0 Å². The predicted octanol–water partition coefficient (Wildman–Crippen LogP) is 1.11. The molecule has 0 aliphatic rings. The van der Waals surface area contributed by atoms with Gasteiger partial charge in [-0.15, -0.1) is 0 Å². The maximum Gasteiger partial charge on any atom is 0.417 e. The summed E-state index contributed by atoms with van der Waals surface area (Å²) >= 11 is 0. The van der Waals surface area contributed by atoms with E-state index in [1.807, 2.05) is 0 Å². The number of aliphatic hydroxyl groups is 1. The predicted molar refractivity (Wildman–Crippen MR) is 28.0 cm³/mol. The maximum atomic E-state index is 11.2. The molecule has 1 radical (unpaired) electrons. The fourth-order valence-corrected chi connectivity index (χ4v) is 0.282. The van der Waals surface area contributed by atoms with Crippen molar-refractivity contribution in [2.45, 2.75) is 19.2 Å². The Labute approximate surface area is 56.6 Å². The molecule has 10 heavy (non-hydrogen) atoms. The first-order valence-corrected chi connectivity index (χ1v) is 2.62. The van der Waals surface area contributed by atoms with Crippen molar-refractivity contribution in [3.05, 3.63) is 6.61 Å². The second-order valence-electron chi connectivity index (χ2n) is 1.84. The van der Waals surface area contributed by atoms with Crippen LogP contribution >= 0.6 is 0 Å². The van der Waals surface area contributed by atoms with Gasteiger partial charge in [-0.3, -0.25) is 0 Å². The van der Waals surface area contributed by atoms with Gasteiger partial charge in [-0.2, -0.15) is 13.2 Å². The van der Waals surface area contributed by atoms with Crippen LogP contribution in [0, 0.1) is 6.61 Å². The summed E-state index contributed by atoms with van der Waals surface area (Å²) in [5.74, 6) is 0. The number of hydrogen-bond acceptors (Lipinski definition) is 2. The number of alkyl halides is 3. The summed E-state index contributed by atoms with van der Waals surface area (Å²) in [5, 5.41) is 8.44. The average Bonchev–Trinajstić information content (AvgIpc) is 1.59. The fourth-order valence-electron chi connectivity index (χ4n) is 0.282. The highest BCUT2D eigenvalue weighted by Gasteiger charge is 2.28. The van der Waals surface area contributed by atoms with Crippen molar-refractivity contribution in [1.82, 2.24) is 0 Å². The largest absolute Gasteiger partial charge is 0.417 e. The third-order valence-corrected chi connectivity index (χ3v) is 0.554. The maximum absolute atomic E-state index is 11.2. The number of rotatable bonds is 3. The van der Waals surface area contributed by atoms with E-state index in [4.69, 9.17) is 5.11 Å². The van der Waals surface area contributed by atoms with Gasteiger partial charge >= 0.3 is 6.18 Å². The Bertz CT molecular complexity index is 89.4. The molecule has 0 spiro atoms. The van der Waals surface area contributed by atoms with Gasteiger partial charge < -0.3 is 9.84 Å². The minimum absolute atomic E-state index is 0.250. The molecule has 0 aromatic heterocycles. The molecule has 61 valence electrons. The normalized spacial score (nSPS) is 15.3. The zero-order valence-electron chi connectivity index (χ0n) is 5.35. The molecule has 0 heterocycles. The molecule has 1 unspecified atom stereocenters. The van der Waals surface area contributed by atoms with Crippen molar-refractivity contribution in [2.24, 2.45) is 0 Å². The monoisotopic (exact) mass is 157 g/mol. The first kappa shape index (κ1) is 9.71. The lowest BCUT2D eigenvalue weighted by Gasteiger charge is -2.07. The van der Waals surface area contributed by atoms with E-state index >= 15 is 0 Å². The van der Waals surface area contributed by atoms with Crippen molar-refractivity contribution >= 4 is 0 Å². The quantitative estimate of drug-likeness (QED) is 0.664. The van der Waals surface area contributed by atoms with Crippen LogP contribution in [0.2, 0.25) is 0 Å². The Hall–Kier alpha value is -0.290. The molecule has 5 heteroatoms. The number of ether oxygens (including phenoxy) is 1. The lowest BCUT2D eigenvalue weighted by molar-refractivity contribution is -0.142. The molecule has 0 amide bonds. The molecule has 0 saturated carbocycles. The fraction of sp³-hybridized carbons (Fsp3) is 0.800. The van der Waals surface area contributed by atoms with Gasteiger partial charge in [0.1, 0.15) is 0 Å². The van der Waals surface area contributed by atoms with Crippen LogP contribution in [0.15, 0.2) is 0 Å². The second-order valence-corrected chi connectivity index (χ2v) is 1.84. The van der Waals surface area contributed by atoms with E-state index in [9.17, 15) is 13.2 Å². The van der Waals surface area contributed by atoms with E-state index in [1.165, 1.54) is 6.92 Å². The molecule has 1 N–H and O–H groups in total. The Morgan fingerprint density at radius 1 is 1.60 bits per heavy atom. The molecule has 0 fully saturated rings. The second kappa shape index (κ2) is 3.78. The highest BCUT2D eigenvalue weighted by molar-refractivity contribution is 4.62. The Kier molecular flexibility index (Phi) is 3.67. The molecule has 0 saturated heterocycles. The lowest BCUT2D eigenvalue weighted by atomic mass is 10.4. The number of hydrogen-bond donors (Lipinski definition) is 1. The van der Waals surface area contributed by atoms with Crippen LogP contribution in [0.4, 0.5) is 13.2 Å². The highest BCUT2D eigenvalue weighted by atomic mass is 19.4. The zero-order chi connectivity index (χ0) is 8.20. The molecular weight excluding hydrogens is 149 g/mol. The summed E-state index contributed by atoms with van der Waals surface area (Å²) in [6.07, 6.45) is -5.30. The Morgan fingerprint density at radius 3 is 2.40 bits per heavy atom. The number of aliphatic hydroxyl groups excluding tert-OH is 1. The molecule has 0 aromatic carbocycles. The molecule has 2 nitrogen and oxygen atoms in total. The molecular formula is C5H8F3O2.